The van der Waals surface area contributed by atoms with E-state index in [4.69, 9.17) is 4.74 Å². The van der Waals surface area contributed by atoms with Gasteiger partial charge in [-0.2, -0.15) is 0 Å². The van der Waals surface area contributed by atoms with Gasteiger partial charge in [-0.25, -0.2) is 0 Å². The number of rotatable bonds is 9. The van der Waals surface area contributed by atoms with Crippen LogP contribution in [0.2, 0.25) is 0 Å². The van der Waals surface area contributed by atoms with Crippen LogP contribution in [-0.4, -0.2) is 120 Å². The van der Waals surface area contributed by atoms with Crippen molar-refractivity contribution in [2.75, 3.05) is 33.3 Å². The Morgan fingerprint density at radius 3 is 2.02 bits per heavy atom. The molecule has 2 aliphatic rings. The molecule has 2 saturated heterocycles. The number of hydrogen-bond acceptors (Lipinski definition) is 8. The minimum absolute atomic E-state index is 0.0326. The van der Waals surface area contributed by atoms with Crippen molar-refractivity contribution in [2.24, 2.45) is 17.8 Å². The summed E-state index contributed by atoms with van der Waals surface area (Å²) in [5, 5.41) is 15.2. The number of likely N-dealkylation sites (tertiary alicyclic amines) is 1. The van der Waals surface area contributed by atoms with Gasteiger partial charge in [0.25, 0.3) is 0 Å². The van der Waals surface area contributed by atoms with Crippen molar-refractivity contribution in [3.63, 3.8) is 0 Å². The van der Waals surface area contributed by atoms with E-state index in [0.717, 1.165) is 16.5 Å². The second kappa shape index (κ2) is 21.0. The van der Waals surface area contributed by atoms with Gasteiger partial charge in [0, 0.05) is 68.5 Å². The third-order valence-corrected chi connectivity index (χ3v) is 11.6. The molecule has 330 valence electrons. The SMILES string of the molecule is COc1ccc(C[C@@H]2NC(=O)[C@H](CC(C)C)NC(=O)[C@@H](Cc3c[nH]c4ccccc34)NC(=O)CN(C(=O)C3CCN(C(C)=O)CC3)C[C@H](C(C)C)NC(=O)[C@@H](C)NC2=O)cc1. The maximum absolute atomic E-state index is 14.5. The molecular formula is C45H62N8O8. The zero-order valence-electron chi connectivity index (χ0n) is 36.3. The van der Waals surface area contributed by atoms with Crippen molar-refractivity contribution in [1.82, 2.24) is 41.4 Å². The Balaban J connectivity index is 1.53. The number of carbonyl (C=O) groups is 7. The first-order chi connectivity index (χ1) is 29.0. The summed E-state index contributed by atoms with van der Waals surface area (Å²) < 4.78 is 5.30. The van der Waals surface area contributed by atoms with Gasteiger partial charge in [0.15, 0.2) is 0 Å². The van der Waals surface area contributed by atoms with Crippen molar-refractivity contribution < 1.29 is 38.3 Å². The zero-order valence-corrected chi connectivity index (χ0v) is 36.3. The van der Waals surface area contributed by atoms with Crippen LogP contribution in [-0.2, 0) is 46.4 Å². The molecule has 5 rings (SSSR count). The van der Waals surface area contributed by atoms with Crippen LogP contribution in [0.1, 0.15) is 71.9 Å². The lowest BCUT2D eigenvalue weighted by Crippen LogP contribution is -2.61. The highest BCUT2D eigenvalue weighted by Crippen LogP contribution is 2.23. The summed E-state index contributed by atoms with van der Waals surface area (Å²) in [6, 6.07) is 9.47. The monoisotopic (exact) mass is 842 g/mol. The van der Waals surface area contributed by atoms with Crippen LogP contribution in [0.5, 0.6) is 5.75 Å². The first-order valence-corrected chi connectivity index (χ1v) is 21.3. The summed E-state index contributed by atoms with van der Waals surface area (Å²) >= 11 is 0. The Bertz CT molecular complexity index is 2040. The summed E-state index contributed by atoms with van der Waals surface area (Å²) in [5.74, 6) is -3.49. The van der Waals surface area contributed by atoms with E-state index >= 15 is 0 Å². The molecule has 2 aliphatic heterocycles. The average Bonchev–Trinajstić information content (AvgIpc) is 3.64. The summed E-state index contributed by atoms with van der Waals surface area (Å²) in [6.07, 6.45) is 2.91. The van der Waals surface area contributed by atoms with E-state index in [9.17, 15) is 33.6 Å². The van der Waals surface area contributed by atoms with Crippen molar-refractivity contribution in [2.45, 2.75) is 104 Å². The zero-order chi connectivity index (χ0) is 44.4. The quantitative estimate of drug-likeness (QED) is 0.188. The second-order valence-corrected chi connectivity index (χ2v) is 17.1. The smallest absolute Gasteiger partial charge is 0.243 e. The van der Waals surface area contributed by atoms with Crippen LogP contribution >= 0.6 is 0 Å². The molecule has 6 N–H and O–H groups in total. The highest BCUT2D eigenvalue weighted by molar-refractivity contribution is 5.97. The Kier molecular flexibility index (Phi) is 15.9. The Morgan fingerprint density at radius 1 is 0.754 bits per heavy atom. The number of H-pyrrole nitrogens is 1. The molecule has 0 unspecified atom stereocenters. The number of methoxy groups -OCH3 is 1. The first-order valence-electron chi connectivity index (χ1n) is 21.3. The molecule has 3 heterocycles. The Hall–Kier alpha value is -5.93. The predicted molar refractivity (Wildman–Crippen MR) is 230 cm³/mol. The normalized spacial score (nSPS) is 23.1. The molecule has 5 atom stereocenters. The van der Waals surface area contributed by atoms with Gasteiger partial charge < -0.3 is 46.1 Å². The third kappa shape index (κ3) is 12.6. The van der Waals surface area contributed by atoms with Gasteiger partial charge in [-0.3, -0.25) is 33.6 Å². The van der Waals surface area contributed by atoms with E-state index in [0.29, 0.717) is 37.2 Å². The molecular weight excluding hydrogens is 781 g/mol. The van der Waals surface area contributed by atoms with Crippen molar-refractivity contribution in [3.8, 4) is 5.75 Å². The Labute approximate surface area is 357 Å². The number of carbonyl (C=O) groups excluding carboxylic acids is 7. The number of piperidine rings is 1. The molecule has 1 aromatic heterocycles. The number of amides is 7. The van der Waals surface area contributed by atoms with E-state index < -0.39 is 72.2 Å². The minimum Gasteiger partial charge on any atom is -0.497 e. The summed E-state index contributed by atoms with van der Waals surface area (Å²) in [5.41, 5.74) is 2.30. The lowest BCUT2D eigenvalue weighted by molar-refractivity contribution is -0.143. The second-order valence-electron chi connectivity index (χ2n) is 17.1. The van der Waals surface area contributed by atoms with Gasteiger partial charge in [0.1, 0.15) is 29.9 Å². The highest BCUT2D eigenvalue weighted by Gasteiger charge is 2.36. The fraction of sp³-hybridized carbons (Fsp3) is 0.533. The maximum atomic E-state index is 14.5. The lowest BCUT2D eigenvalue weighted by Gasteiger charge is -2.36. The van der Waals surface area contributed by atoms with Crippen LogP contribution in [0, 0.1) is 17.8 Å². The van der Waals surface area contributed by atoms with E-state index in [1.54, 1.807) is 42.5 Å². The molecule has 16 heteroatoms. The van der Waals surface area contributed by atoms with E-state index in [2.05, 4.69) is 31.6 Å². The first kappa shape index (κ1) is 46.1. The van der Waals surface area contributed by atoms with Crippen LogP contribution < -0.4 is 31.3 Å². The minimum atomic E-state index is -1.18. The van der Waals surface area contributed by atoms with E-state index in [1.807, 2.05) is 52.0 Å². The molecule has 0 bridgehead atoms. The fourth-order valence-corrected chi connectivity index (χ4v) is 7.88. The van der Waals surface area contributed by atoms with Crippen LogP contribution in [0.25, 0.3) is 10.9 Å². The number of aromatic nitrogens is 1. The number of fused-ring (bicyclic) bond motifs is 1. The average molecular weight is 843 g/mol. The van der Waals surface area contributed by atoms with Gasteiger partial charge in [-0.1, -0.05) is 58.0 Å². The van der Waals surface area contributed by atoms with E-state index in [1.165, 1.54) is 18.7 Å². The van der Waals surface area contributed by atoms with Crippen LogP contribution in [0.4, 0.5) is 0 Å². The summed E-state index contributed by atoms with van der Waals surface area (Å²) in [6.45, 7) is 10.9. The predicted octanol–water partition coefficient (Wildman–Crippen LogP) is 2.21. The van der Waals surface area contributed by atoms with Crippen LogP contribution in [0.15, 0.2) is 54.7 Å². The molecule has 0 aliphatic carbocycles. The fourth-order valence-electron chi connectivity index (χ4n) is 7.88. The molecule has 3 aromatic rings. The van der Waals surface area contributed by atoms with Crippen molar-refractivity contribution in [1.29, 1.82) is 0 Å². The maximum Gasteiger partial charge on any atom is 0.243 e. The standard InChI is InChI=1S/C45H62N8O8/c1-26(2)20-36-43(58)50-37(21-30-12-14-33(61-7)15-13-30)42(57)47-28(5)41(56)51-39(27(3)4)24-53(45(60)31-16-18-52(19-17-31)29(6)54)25-40(55)48-38(44(59)49-36)22-32-23-46-35-11-9-8-10-34(32)35/h8-15,23,26-28,31,36-39,46H,16-22,24-25H2,1-7H3,(H,47,57)(H,48,55)(H,49,59)(H,50,58)(H,51,56)/t28-,36+,37+,38-,39-/m1/s1. The summed E-state index contributed by atoms with van der Waals surface area (Å²) in [7, 11) is 1.54. The number of nitrogens with zero attached hydrogens (tertiary/aromatic N) is 2. The number of benzene rings is 2. The van der Waals surface area contributed by atoms with Gasteiger partial charge in [0.2, 0.25) is 41.4 Å². The highest BCUT2D eigenvalue weighted by atomic mass is 16.5. The van der Waals surface area contributed by atoms with Crippen molar-refractivity contribution >= 4 is 52.3 Å². The molecule has 7 amide bonds. The molecule has 0 spiro atoms. The molecule has 16 nitrogen and oxygen atoms in total. The van der Waals surface area contributed by atoms with Crippen LogP contribution in [0.3, 0.4) is 0 Å². The molecule has 0 radical (unpaired) electrons. The molecule has 2 aromatic carbocycles. The lowest BCUT2D eigenvalue weighted by atomic mass is 9.94. The number of nitrogens with one attached hydrogen (secondary N) is 6. The summed E-state index contributed by atoms with van der Waals surface area (Å²) in [4.78, 5) is 103. The number of aromatic amines is 1. The Morgan fingerprint density at radius 2 is 1.38 bits per heavy atom. The van der Waals surface area contributed by atoms with Gasteiger partial charge in [-0.15, -0.1) is 0 Å². The van der Waals surface area contributed by atoms with Gasteiger partial charge in [0.05, 0.1) is 13.7 Å². The molecule has 2 fully saturated rings. The third-order valence-electron chi connectivity index (χ3n) is 11.6. The van der Waals surface area contributed by atoms with Gasteiger partial charge in [-0.05, 0) is 67.3 Å². The largest absolute Gasteiger partial charge is 0.497 e. The van der Waals surface area contributed by atoms with Gasteiger partial charge >= 0.3 is 0 Å². The molecule has 61 heavy (non-hydrogen) atoms. The molecule has 0 saturated carbocycles. The number of para-hydroxylation sites is 1. The van der Waals surface area contributed by atoms with E-state index in [-0.39, 0.29) is 49.5 Å². The topological polar surface area (TPSA) is 211 Å². The van der Waals surface area contributed by atoms with Crippen molar-refractivity contribution in [3.05, 3.63) is 65.9 Å². The number of hydrogen-bond donors (Lipinski definition) is 6. The number of ether oxygens (including phenoxy) is 1.